The van der Waals surface area contributed by atoms with E-state index in [4.69, 9.17) is 5.73 Å². The van der Waals surface area contributed by atoms with Crippen LogP contribution in [0.3, 0.4) is 0 Å². The summed E-state index contributed by atoms with van der Waals surface area (Å²) in [5, 5.41) is 0. The van der Waals surface area contributed by atoms with E-state index in [1.165, 1.54) is 12.1 Å². The van der Waals surface area contributed by atoms with Gasteiger partial charge in [0.2, 0.25) is 5.95 Å². The van der Waals surface area contributed by atoms with E-state index in [1.54, 1.807) is 19.1 Å². The van der Waals surface area contributed by atoms with Crippen LogP contribution in [0.2, 0.25) is 0 Å². The molecule has 16 heavy (non-hydrogen) atoms. The van der Waals surface area contributed by atoms with Crippen molar-refractivity contribution in [3.05, 3.63) is 47.3 Å². The molecule has 5 heteroatoms. The average Bonchev–Trinajstić information content (AvgIpc) is 2.20. The molecule has 0 unspecified atom stereocenters. The van der Waals surface area contributed by atoms with Crippen LogP contribution in [-0.4, -0.2) is 15.0 Å². The van der Waals surface area contributed by atoms with Crippen molar-refractivity contribution in [2.24, 2.45) is 0 Å². The predicted octanol–water partition coefficient (Wildman–Crippen LogP) is 1.49. The number of hydrogen-bond donors (Lipinski definition) is 1. The Bertz CT molecular complexity index is 476. The molecule has 1 aromatic carbocycles. The Morgan fingerprint density at radius 3 is 2.44 bits per heavy atom. The molecule has 1 aromatic heterocycles. The van der Waals surface area contributed by atoms with Crippen molar-refractivity contribution in [1.29, 1.82) is 0 Å². The van der Waals surface area contributed by atoms with Gasteiger partial charge in [-0.1, -0.05) is 12.1 Å². The summed E-state index contributed by atoms with van der Waals surface area (Å²) < 4.78 is 12.7. The van der Waals surface area contributed by atoms with Crippen molar-refractivity contribution in [1.82, 2.24) is 15.0 Å². The second kappa shape index (κ2) is 4.22. The molecule has 2 rings (SSSR count). The van der Waals surface area contributed by atoms with E-state index in [-0.39, 0.29) is 11.8 Å². The molecule has 0 aliphatic carbocycles. The van der Waals surface area contributed by atoms with Gasteiger partial charge in [-0.3, -0.25) is 0 Å². The lowest BCUT2D eigenvalue weighted by Gasteiger charge is -2.02. The molecule has 0 spiro atoms. The fourth-order valence-electron chi connectivity index (χ4n) is 1.42. The number of aromatic nitrogens is 3. The van der Waals surface area contributed by atoms with Crippen LogP contribution in [-0.2, 0) is 6.42 Å². The molecule has 0 bridgehead atoms. The third-order valence-corrected chi connectivity index (χ3v) is 2.09. The molecule has 2 N–H and O–H groups in total. The number of halogens is 1. The predicted molar refractivity (Wildman–Crippen MR) is 58.2 cm³/mol. The first kappa shape index (κ1) is 10.5. The number of nitrogen functional groups attached to an aromatic ring is 1. The van der Waals surface area contributed by atoms with Gasteiger partial charge in [0.1, 0.15) is 17.5 Å². The number of nitrogens with zero attached hydrogens (tertiary/aromatic N) is 3. The summed E-state index contributed by atoms with van der Waals surface area (Å²) in [4.78, 5) is 12.1. The van der Waals surface area contributed by atoms with Crippen LogP contribution in [0.1, 0.15) is 17.2 Å². The van der Waals surface area contributed by atoms with Gasteiger partial charge in [0.25, 0.3) is 0 Å². The van der Waals surface area contributed by atoms with Crippen LogP contribution in [0.25, 0.3) is 0 Å². The first-order valence-corrected chi connectivity index (χ1v) is 4.85. The molecule has 0 aliphatic rings. The van der Waals surface area contributed by atoms with Gasteiger partial charge in [-0.15, -0.1) is 0 Å². The zero-order valence-electron chi connectivity index (χ0n) is 8.81. The summed E-state index contributed by atoms with van der Waals surface area (Å²) in [6.45, 7) is 1.76. The van der Waals surface area contributed by atoms with Gasteiger partial charge in [0.15, 0.2) is 0 Å². The Morgan fingerprint density at radius 2 is 1.81 bits per heavy atom. The Labute approximate surface area is 92.4 Å². The summed E-state index contributed by atoms with van der Waals surface area (Å²) in [5.41, 5.74) is 6.45. The Kier molecular flexibility index (Phi) is 2.76. The van der Waals surface area contributed by atoms with E-state index in [1.807, 2.05) is 0 Å². The van der Waals surface area contributed by atoms with Crippen LogP contribution in [0.15, 0.2) is 24.3 Å². The quantitative estimate of drug-likeness (QED) is 0.829. The summed E-state index contributed by atoms with van der Waals surface area (Å²) in [5.74, 6) is 1.14. The highest BCUT2D eigenvalue weighted by atomic mass is 19.1. The lowest BCUT2D eigenvalue weighted by Crippen LogP contribution is -2.05. The number of benzene rings is 1. The van der Waals surface area contributed by atoms with Crippen LogP contribution in [0.5, 0.6) is 0 Å². The fraction of sp³-hybridized carbons (Fsp3) is 0.182. The van der Waals surface area contributed by atoms with Gasteiger partial charge in [-0.05, 0) is 24.6 Å². The van der Waals surface area contributed by atoms with Crippen LogP contribution >= 0.6 is 0 Å². The first-order valence-electron chi connectivity index (χ1n) is 4.85. The van der Waals surface area contributed by atoms with Gasteiger partial charge in [0.05, 0.1) is 0 Å². The maximum Gasteiger partial charge on any atom is 0.223 e. The topological polar surface area (TPSA) is 64.7 Å². The van der Waals surface area contributed by atoms with E-state index in [0.717, 1.165) is 5.56 Å². The van der Waals surface area contributed by atoms with E-state index < -0.39 is 0 Å². The normalized spacial score (nSPS) is 10.4. The number of aryl methyl sites for hydroxylation is 1. The Balaban J connectivity index is 2.23. The lowest BCUT2D eigenvalue weighted by atomic mass is 10.1. The summed E-state index contributed by atoms with van der Waals surface area (Å²) in [7, 11) is 0. The van der Waals surface area contributed by atoms with Crippen molar-refractivity contribution in [3.63, 3.8) is 0 Å². The van der Waals surface area contributed by atoms with Crippen molar-refractivity contribution in [3.8, 4) is 0 Å². The van der Waals surface area contributed by atoms with E-state index in [9.17, 15) is 4.39 Å². The Morgan fingerprint density at radius 1 is 1.12 bits per heavy atom. The zero-order valence-corrected chi connectivity index (χ0v) is 8.81. The highest BCUT2D eigenvalue weighted by molar-refractivity contribution is 5.22. The molecule has 0 fully saturated rings. The number of hydrogen-bond acceptors (Lipinski definition) is 4. The van der Waals surface area contributed by atoms with E-state index >= 15 is 0 Å². The SMILES string of the molecule is Cc1nc(N)nc(Cc2ccc(F)cc2)n1. The molecule has 0 saturated carbocycles. The Hall–Kier alpha value is -2.04. The molecule has 82 valence electrons. The molecule has 0 saturated heterocycles. The van der Waals surface area contributed by atoms with E-state index in [0.29, 0.717) is 18.1 Å². The standard InChI is InChI=1S/C11H11FN4/c1-7-14-10(16-11(13)15-7)6-8-2-4-9(12)5-3-8/h2-5H,6H2,1H3,(H2,13,14,15,16). The number of anilines is 1. The maximum atomic E-state index is 12.7. The van der Waals surface area contributed by atoms with Crippen molar-refractivity contribution in [2.45, 2.75) is 13.3 Å². The van der Waals surface area contributed by atoms with Gasteiger partial charge >= 0.3 is 0 Å². The van der Waals surface area contributed by atoms with Gasteiger partial charge < -0.3 is 5.73 Å². The van der Waals surface area contributed by atoms with Gasteiger partial charge in [-0.2, -0.15) is 9.97 Å². The highest BCUT2D eigenvalue weighted by Gasteiger charge is 2.02. The molecule has 0 aliphatic heterocycles. The van der Waals surface area contributed by atoms with Crippen molar-refractivity contribution < 1.29 is 4.39 Å². The van der Waals surface area contributed by atoms with E-state index in [2.05, 4.69) is 15.0 Å². The second-order valence-corrected chi connectivity index (χ2v) is 3.46. The smallest absolute Gasteiger partial charge is 0.223 e. The summed E-state index contributed by atoms with van der Waals surface area (Å²) >= 11 is 0. The summed E-state index contributed by atoms with van der Waals surface area (Å²) in [6, 6.07) is 6.22. The van der Waals surface area contributed by atoms with Gasteiger partial charge in [0, 0.05) is 6.42 Å². The van der Waals surface area contributed by atoms with Crippen LogP contribution in [0.4, 0.5) is 10.3 Å². The second-order valence-electron chi connectivity index (χ2n) is 3.46. The number of rotatable bonds is 2. The third kappa shape index (κ3) is 2.50. The lowest BCUT2D eigenvalue weighted by molar-refractivity contribution is 0.627. The van der Waals surface area contributed by atoms with Crippen LogP contribution in [0, 0.1) is 12.7 Å². The maximum absolute atomic E-state index is 12.7. The first-order chi connectivity index (χ1) is 7.63. The summed E-state index contributed by atoms with van der Waals surface area (Å²) in [6.07, 6.45) is 0.522. The zero-order chi connectivity index (χ0) is 11.5. The van der Waals surface area contributed by atoms with Gasteiger partial charge in [-0.25, -0.2) is 9.37 Å². The van der Waals surface area contributed by atoms with Crippen molar-refractivity contribution in [2.75, 3.05) is 5.73 Å². The van der Waals surface area contributed by atoms with Crippen molar-refractivity contribution >= 4 is 5.95 Å². The molecule has 0 amide bonds. The molecular weight excluding hydrogens is 207 g/mol. The molecule has 1 heterocycles. The third-order valence-electron chi connectivity index (χ3n) is 2.09. The largest absolute Gasteiger partial charge is 0.368 e. The molecule has 0 radical (unpaired) electrons. The average molecular weight is 218 g/mol. The number of nitrogens with two attached hydrogens (primary N) is 1. The van der Waals surface area contributed by atoms with Crippen LogP contribution < -0.4 is 5.73 Å². The fourth-order valence-corrected chi connectivity index (χ4v) is 1.42. The molecule has 4 nitrogen and oxygen atoms in total. The minimum Gasteiger partial charge on any atom is -0.368 e. The molecule has 0 atom stereocenters. The monoisotopic (exact) mass is 218 g/mol. The highest BCUT2D eigenvalue weighted by Crippen LogP contribution is 2.08. The molecule has 2 aromatic rings. The minimum atomic E-state index is -0.255. The molecular formula is C11H11FN4. The minimum absolute atomic E-state index is 0.213.